The van der Waals surface area contributed by atoms with Gasteiger partial charge in [0.1, 0.15) is 9.71 Å². The first kappa shape index (κ1) is 15.9. The number of nitrogens with zero attached hydrogens (tertiary/aromatic N) is 1. The lowest BCUT2D eigenvalue weighted by molar-refractivity contribution is -0.0327. The summed E-state index contributed by atoms with van der Waals surface area (Å²) in [7, 11) is 0. The molecule has 114 valence electrons. The van der Waals surface area contributed by atoms with Gasteiger partial charge in [-0.1, -0.05) is 0 Å². The number of nitrogens with one attached hydrogen (secondary N) is 1. The van der Waals surface area contributed by atoms with Crippen LogP contribution in [-0.4, -0.2) is 28.7 Å². The zero-order valence-corrected chi connectivity index (χ0v) is 12.6. The summed E-state index contributed by atoms with van der Waals surface area (Å²) in [5.74, 6) is -0.713. The number of aromatic nitrogens is 1. The van der Waals surface area contributed by atoms with E-state index in [-0.39, 0.29) is 28.9 Å². The summed E-state index contributed by atoms with van der Waals surface area (Å²) in [6.07, 6.45) is 1.62. The van der Waals surface area contributed by atoms with E-state index in [0.29, 0.717) is 10.5 Å². The predicted octanol–water partition coefficient (Wildman–Crippen LogP) is 3.17. The molecule has 0 fully saturated rings. The lowest BCUT2D eigenvalue weighted by Crippen LogP contribution is -2.26. The molecule has 0 saturated carbocycles. The number of nitrogens with two attached hydrogens (primary N) is 1. The van der Waals surface area contributed by atoms with Crippen LogP contribution in [0.2, 0.25) is 0 Å². The Labute approximate surface area is 126 Å². The van der Waals surface area contributed by atoms with E-state index in [1.807, 2.05) is 6.92 Å². The number of amides is 1. The Morgan fingerprint density at radius 1 is 1.52 bits per heavy atom. The van der Waals surface area contributed by atoms with E-state index < -0.39 is 11.4 Å². The molecule has 0 radical (unpaired) electrons. The van der Waals surface area contributed by atoms with Crippen LogP contribution in [0.25, 0.3) is 10.2 Å². The highest BCUT2D eigenvalue weighted by atomic mass is 32.2. The lowest BCUT2D eigenvalue weighted by atomic mass is 10.2. The second-order valence-corrected chi connectivity index (χ2v) is 6.36. The third kappa shape index (κ3) is 3.79. The molecular formula is C12H12F3N3OS2. The van der Waals surface area contributed by atoms with Gasteiger partial charge in [-0.15, -0.1) is 11.3 Å². The van der Waals surface area contributed by atoms with Crippen molar-refractivity contribution in [3.8, 4) is 0 Å². The highest BCUT2D eigenvalue weighted by Crippen LogP contribution is 2.34. The van der Waals surface area contributed by atoms with Crippen molar-refractivity contribution in [2.45, 2.75) is 12.4 Å². The van der Waals surface area contributed by atoms with Gasteiger partial charge in [0.25, 0.3) is 5.91 Å². The van der Waals surface area contributed by atoms with Gasteiger partial charge in [-0.2, -0.15) is 13.2 Å². The number of pyridine rings is 1. The zero-order chi connectivity index (χ0) is 15.6. The summed E-state index contributed by atoms with van der Waals surface area (Å²) in [6, 6.07) is 1.78. The first-order chi connectivity index (χ1) is 9.79. The average Bonchev–Trinajstić information content (AvgIpc) is 2.72. The number of fused-ring (bicyclic) bond motifs is 1. The maximum Gasteiger partial charge on any atom is 0.441 e. The Hall–Kier alpha value is -1.48. The topological polar surface area (TPSA) is 68.0 Å². The molecule has 0 aliphatic heterocycles. The number of rotatable bonds is 4. The fourth-order valence-electron chi connectivity index (χ4n) is 1.78. The largest absolute Gasteiger partial charge is 0.441 e. The molecule has 0 atom stereocenters. The van der Waals surface area contributed by atoms with Crippen molar-refractivity contribution in [3.05, 3.63) is 22.7 Å². The van der Waals surface area contributed by atoms with Crippen LogP contribution < -0.4 is 11.1 Å². The Morgan fingerprint density at radius 2 is 2.24 bits per heavy atom. The highest BCUT2D eigenvalue weighted by Gasteiger charge is 2.27. The van der Waals surface area contributed by atoms with Gasteiger partial charge in [-0.25, -0.2) is 4.98 Å². The van der Waals surface area contributed by atoms with Crippen molar-refractivity contribution in [1.29, 1.82) is 0 Å². The number of thiophene rings is 1. The molecule has 2 heterocycles. The molecule has 4 nitrogen and oxygen atoms in total. The fourth-order valence-corrected chi connectivity index (χ4v) is 3.28. The van der Waals surface area contributed by atoms with Crippen molar-refractivity contribution < 1.29 is 18.0 Å². The molecule has 0 unspecified atom stereocenters. The monoisotopic (exact) mass is 335 g/mol. The molecule has 0 saturated heterocycles. The van der Waals surface area contributed by atoms with E-state index in [9.17, 15) is 18.0 Å². The molecule has 2 rings (SSSR count). The molecule has 0 aliphatic carbocycles. The Morgan fingerprint density at radius 3 is 2.86 bits per heavy atom. The van der Waals surface area contributed by atoms with Gasteiger partial charge in [0.05, 0.1) is 5.69 Å². The van der Waals surface area contributed by atoms with Crippen molar-refractivity contribution in [2.75, 3.05) is 18.0 Å². The number of carbonyl (C=O) groups is 1. The van der Waals surface area contributed by atoms with Crippen LogP contribution in [0.15, 0.2) is 12.3 Å². The van der Waals surface area contributed by atoms with Gasteiger partial charge < -0.3 is 11.1 Å². The molecule has 3 N–H and O–H groups in total. The fraction of sp³-hybridized carbons (Fsp3) is 0.333. The number of thioether (sulfide) groups is 1. The van der Waals surface area contributed by atoms with Gasteiger partial charge in [0.2, 0.25) is 0 Å². The molecular weight excluding hydrogens is 323 g/mol. The molecule has 9 heteroatoms. The maximum absolute atomic E-state index is 12.0. The standard InChI is InChI=1S/C12H12F3N3OS2/c1-6-2-3-18-11-7(6)8(16)9(21-11)10(19)17-4-5-20-12(13,14)15/h2-3H,4-5,16H2,1H3,(H,17,19). The molecule has 0 spiro atoms. The first-order valence-corrected chi connectivity index (χ1v) is 7.72. The number of nitrogen functional groups attached to an aromatic ring is 1. The number of anilines is 1. The molecule has 0 aromatic carbocycles. The molecule has 0 bridgehead atoms. The molecule has 1 amide bonds. The Balaban J connectivity index is 2.07. The normalized spacial score (nSPS) is 11.8. The second-order valence-electron chi connectivity index (χ2n) is 4.20. The maximum atomic E-state index is 12.0. The number of hydrogen-bond acceptors (Lipinski definition) is 5. The van der Waals surface area contributed by atoms with Crippen molar-refractivity contribution >= 4 is 44.9 Å². The number of hydrogen-bond donors (Lipinski definition) is 2. The smallest absolute Gasteiger partial charge is 0.397 e. The van der Waals surface area contributed by atoms with E-state index in [1.165, 1.54) is 0 Å². The minimum absolute atomic E-state index is 0.0803. The molecule has 2 aromatic rings. The van der Waals surface area contributed by atoms with E-state index >= 15 is 0 Å². The third-order valence-electron chi connectivity index (χ3n) is 2.70. The third-order valence-corrected chi connectivity index (χ3v) is 4.54. The van der Waals surface area contributed by atoms with E-state index in [4.69, 9.17) is 5.73 Å². The van der Waals surface area contributed by atoms with E-state index in [2.05, 4.69) is 10.3 Å². The Kier molecular flexibility index (Phi) is 4.62. The van der Waals surface area contributed by atoms with Gasteiger partial charge in [0, 0.05) is 23.9 Å². The predicted molar refractivity (Wildman–Crippen MR) is 79.6 cm³/mol. The van der Waals surface area contributed by atoms with Crippen molar-refractivity contribution in [2.24, 2.45) is 0 Å². The van der Waals surface area contributed by atoms with E-state index in [1.54, 1.807) is 12.3 Å². The summed E-state index contributed by atoms with van der Waals surface area (Å²) in [5, 5.41) is 3.16. The Bertz CT molecular complexity index is 670. The summed E-state index contributed by atoms with van der Waals surface area (Å²) in [6.45, 7) is 1.78. The quantitative estimate of drug-likeness (QED) is 0.842. The lowest BCUT2D eigenvalue weighted by Gasteiger charge is -2.06. The SMILES string of the molecule is Cc1ccnc2sc(C(=O)NCCSC(F)(F)F)c(N)c12. The average molecular weight is 335 g/mol. The van der Waals surface area contributed by atoms with Crippen molar-refractivity contribution in [3.63, 3.8) is 0 Å². The number of alkyl halides is 3. The summed E-state index contributed by atoms with van der Waals surface area (Å²) in [5.41, 5.74) is 2.87. The van der Waals surface area contributed by atoms with E-state index in [0.717, 1.165) is 22.3 Å². The second kappa shape index (κ2) is 6.10. The van der Waals surface area contributed by atoms with Crippen LogP contribution in [0.3, 0.4) is 0 Å². The summed E-state index contributed by atoms with van der Waals surface area (Å²) >= 11 is 0.960. The minimum atomic E-state index is -4.29. The van der Waals surface area contributed by atoms with Crippen molar-refractivity contribution in [1.82, 2.24) is 10.3 Å². The van der Waals surface area contributed by atoms with Crippen LogP contribution in [0.1, 0.15) is 15.2 Å². The van der Waals surface area contributed by atoms with Crippen LogP contribution in [0, 0.1) is 6.92 Å². The molecule has 2 aromatic heterocycles. The summed E-state index contributed by atoms with van der Waals surface area (Å²) < 4.78 is 35.9. The zero-order valence-electron chi connectivity index (χ0n) is 11.0. The van der Waals surface area contributed by atoms with Crippen LogP contribution in [0.5, 0.6) is 0 Å². The summed E-state index contributed by atoms with van der Waals surface area (Å²) in [4.78, 5) is 17.0. The van der Waals surface area contributed by atoms with Gasteiger partial charge in [0.15, 0.2) is 0 Å². The minimum Gasteiger partial charge on any atom is -0.397 e. The van der Waals surface area contributed by atoms with Crippen LogP contribution in [-0.2, 0) is 0 Å². The number of halogens is 3. The highest BCUT2D eigenvalue weighted by molar-refractivity contribution is 8.00. The number of aryl methyl sites for hydroxylation is 1. The van der Waals surface area contributed by atoms with Crippen LogP contribution in [0.4, 0.5) is 18.9 Å². The van der Waals surface area contributed by atoms with Gasteiger partial charge >= 0.3 is 5.51 Å². The molecule has 21 heavy (non-hydrogen) atoms. The molecule has 0 aliphatic rings. The number of carbonyl (C=O) groups excluding carboxylic acids is 1. The first-order valence-electron chi connectivity index (χ1n) is 5.92. The van der Waals surface area contributed by atoms with Gasteiger partial charge in [-0.05, 0) is 30.3 Å². The van der Waals surface area contributed by atoms with Crippen LogP contribution >= 0.6 is 23.1 Å². The van der Waals surface area contributed by atoms with Gasteiger partial charge in [-0.3, -0.25) is 4.79 Å².